The van der Waals surface area contributed by atoms with E-state index in [4.69, 9.17) is 9.47 Å². The number of benzene rings is 1. The van der Waals surface area contributed by atoms with Gasteiger partial charge in [0.15, 0.2) is 11.5 Å². The summed E-state index contributed by atoms with van der Waals surface area (Å²) in [6, 6.07) is 5.60. The Morgan fingerprint density at radius 1 is 1.27 bits per heavy atom. The van der Waals surface area contributed by atoms with Crippen molar-refractivity contribution in [1.29, 1.82) is 0 Å². The van der Waals surface area contributed by atoms with Gasteiger partial charge in [0.2, 0.25) is 10.0 Å². The van der Waals surface area contributed by atoms with Crippen molar-refractivity contribution < 1.29 is 27.8 Å². The topological polar surface area (TPSA) is 96.4 Å². The number of likely N-dealkylation sites (tertiary alicyclic amines) is 1. The zero-order valence-corrected chi connectivity index (χ0v) is 16.0. The summed E-state index contributed by atoms with van der Waals surface area (Å²) < 4.78 is 35.7. The van der Waals surface area contributed by atoms with Crippen LogP contribution in [0.1, 0.15) is 5.56 Å². The van der Waals surface area contributed by atoms with Crippen molar-refractivity contribution in [3.05, 3.63) is 23.8 Å². The second kappa shape index (κ2) is 6.71. The molecule has 1 aromatic rings. The van der Waals surface area contributed by atoms with Gasteiger partial charge in [-0.3, -0.25) is 9.69 Å². The van der Waals surface area contributed by atoms with E-state index in [2.05, 4.69) is 4.90 Å². The fourth-order valence-electron chi connectivity index (χ4n) is 4.12. The quantitative estimate of drug-likeness (QED) is 0.762. The maximum Gasteiger partial charge on any atom is 0.312 e. The largest absolute Gasteiger partial charge is 0.493 e. The summed E-state index contributed by atoms with van der Waals surface area (Å²) in [6.07, 6.45) is 1.13. The minimum atomic E-state index is -3.40. The molecule has 2 saturated heterocycles. The lowest BCUT2D eigenvalue weighted by molar-refractivity contribution is -0.148. The number of hydrogen-bond donors (Lipinski definition) is 1. The molecule has 0 spiro atoms. The number of nitrogens with zero attached hydrogens (tertiary/aromatic N) is 2. The summed E-state index contributed by atoms with van der Waals surface area (Å²) in [5.41, 5.74) is -0.151. The first-order chi connectivity index (χ1) is 12.2. The molecule has 2 aliphatic rings. The van der Waals surface area contributed by atoms with Crippen LogP contribution in [0.4, 0.5) is 0 Å². The summed E-state index contributed by atoms with van der Waals surface area (Å²) in [7, 11) is -0.255. The standard InChI is InChI=1S/C17H24N2O6S/c1-24-14-6-4-5-12(15(14)25-2)7-18-8-13-9-19(26(3,22)23)11-17(13,10-18)16(20)21/h4-6,13H,7-11H2,1-3H3,(H,20,21)/t13-,17-/m0/s1. The third kappa shape index (κ3) is 3.15. The lowest BCUT2D eigenvalue weighted by atomic mass is 9.81. The molecular weight excluding hydrogens is 360 g/mol. The summed E-state index contributed by atoms with van der Waals surface area (Å²) in [4.78, 5) is 14.1. The number of sulfonamides is 1. The van der Waals surface area contributed by atoms with Crippen molar-refractivity contribution in [2.75, 3.05) is 46.7 Å². The van der Waals surface area contributed by atoms with Gasteiger partial charge in [-0.05, 0) is 6.07 Å². The van der Waals surface area contributed by atoms with E-state index in [0.717, 1.165) is 11.8 Å². The van der Waals surface area contributed by atoms with Crippen LogP contribution in [0.2, 0.25) is 0 Å². The lowest BCUT2D eigenvalue weighted by Gasteiger charge is -2.25. The van der Waals surface area contributed by atoms with Crippen LogP contribution in [0.25, 0.3) is 0 Å². The van der Waals surface area contributed by atoms with Crippen molar-refractivity contribution in [1.82, 2.24) is 9.21 Å². The number of ether oxygens (including phenoxy) is 2. The predicted molar refractivity (Wildman–Crippen MR) is 94.8 cm³/mol. The molecule has 26 heavy (non-hydrogen) atoms. The molecule has 1 aromatic carbocycles. The molecule has 0 radical (unpaired) electrons. The van der Waals surface area contributed by atoms with Gasteiger partial charge < -0.3 is 14.6 Å². The first-order valence-electron chi connectivity index (χ1n) is 8.32. The molecule has 144 valence electrons. The summed E-state index contributed by atoms with van der Waals surface area (Å²) in [6.45, 7) is 1.62. The number of carboxylic acid groups (broad SMARTS) is 1. The van der Waals surface area contributed by atoms with E-state index in [-0.39, 0.29) is 19.0 Å². The Morgan fingerprint density at radius 2 is 2.00 bits per heavy atom. The molecule has 0 bridgehead atoms. The van der Waals surface area contributed by atoms with E-state index >= 15 is 0 Å². The van der Waals surface area contributed by atoms with Gasteiger partial charge in [-0.1, -0.05) is 12.1 Å². The van der Waals surface area contributed by atoms with Crippen molar-refractivity contribution in [2.24, 2.45) is 11.3 Å². The molecule has 0 saturated carbocycles. The molecule has 2 heterocycles. The SMILES string of the molecule is COc1cccc(CN2C[C@H]3CN(S(C)(=O)=O)C[C@@]3(C(=O)O)C2)c1OC. The highest BCUT2D eigenvalue weighted by Crippen LogP contribution is 2.44. The van der Waals surface area contributed by atoms with Gasteiger partial charge in [-0.25, -0.2) is 12.7 Å². The minimum absolute atomic E-state index is 0.0254. The highest BCUT2D eigenvalue weighted by atomic mass is 32.2. The summed E-state index contributed by atoms with van der Waals surface area (Å²) >= 11 is 0. The van der Waals surface area contributed by atoms with Crippen LogP contribution in [0.15, 0.2) is 18.2 Å². The summed E-state index contributed by atoms with van der Waals surface area (Å²) in [5, 5.41) is 9.83. The van der Waals surface area contributed by atoms with Crippen LogP contribution in [0, 0.1) is 11.3 Å². The Morgan fingerprint density at radius 3 is 2.54 bits per heavy atom. The van der Waals surface area contributed by atoms with E-state index in [0.29, 0.717) is 31.1 Å². The molecule has 2 aliphatic heterocycles. The van der Waals surface area contributed by atoms with Crippen LogP contribution in [0.5, 0.6) is 11.5 Å². The molecule has 2 atom stereocenters. The van der Waals surface area contributed by atoms with Gasteiger partial charge in [0, 0.05) is 44.2 Å². The molecule has 8 nitrogen and oxygen atoms in total. The normalized spacial score (nSPS) is 26.7. The second-order valence-corrected chi connectivity index (χ2v) is 9.02. The van der Waals surface area contributed by atoms with Crippen LogP contribution in [-0.2, 0) is 21.4 Å². The number of carboxylic acids is 1. The van der Waals surface area contributed by atoms with E-state index < -0.39 is 21.4 Å². The number of carbonyl (C=O) groups is 1. The molecular formula is C17H24N2O6S. The van der Waals surface area contributed by atoms with Gasteiger partial charge in [0.1, 0.15) is 0 Å². The first kappa shape index (κ1) is 18.9. The van der Waals surface area contributed by atoms with Crippen LogP contribution >= 0.6 is 0 Å². The highest BCUT2D eigenvalue weighted by molar-refractivity contribution is 7.88. The van der Waals surface area contributed by atoms with Gasteiger partial charge in [0.25, 0.3) is 0 Å². The number of fused-ring (bicyclic) bond motifs is 1. The number of rotatable bonds is 6. The maximum absolute atomic E-state index is 12.0. The van der Waals surface area contributed by atoms with Crippen molar-refractivity contribution in [2.45, 2.75) is 6.54 Å². The average Bonchev–Trinajstić information content (AvgIpc) is 3.09. The van der Waals surface area contributed by atoms with E-state index in [1.54, 1.807) is 14.2 Å². The zero-order valence-electron chi connectivity index (χ0n) is 15.1. The fourth-order valence-corrected chi connectivity index (χ4v) is 5.03. The van der Waals surface area contributed by atoms with Crippen molar-refractivity contribution >= 4 is 16.0 Å². The van der Waals surface area contributed by atoms with Gasteiger partial charge in [-0.15, -0.1) is 0 Å². The number of aliphatic carboxylic acids is 1. The maximum atomic E-state index is 12.0. The number of methoxy groups -OCH3 is 2. The lowest BCUT2D eigenvalue weighted by Crippen LogP contribution is -2.41. The molecule has 0 aliphatic carbocycles. The smallest absolute Gasteiger partial charge is 0.312 e. The van der Waals surface area contributed by atoms with Crippen LogP contribution in [-0.4, -0.2) is 75.4 Å². The van der Waals surface area contributed by atoms with Crippen molar-refractivity contribution in [3.8, 4) is 11.5 Å². The number of para-hydroxylation sites is 1. The summed E-state index contributed by atoms with van der Waals surface area (Å²) in [5.74, 6) is 0.0925. The number of hydrogen-bond acceptors (Lipinski definition) is 6. The monoisotopic (exact) mass is 384 g/mol. The predicted octanol–water partition coefficient (Wildman–Crippen LogP) is 0.482. The van der Waals surface area contributed by atoms with Crippen LogP contribution < -0.4 is 9.47 Å². The van der Waals surface area contributed by atoms with E-state index in [9.17, 15) is 18.3 Å². The molecule has 2 fully saturated rings. The van der Waals surface area contributed by atoms with Gasteiger partial charge >= 0.3 is 5.97 Å². The zero-order chi connectivity index (χ0) is 19.1. The molecule has 3 rings (SSSR count). The molecule has 9 heteroatoms. The third-order valence-electron chi connectivity index (χ3n) is 5.42. The Labute approximate surface area is 153 Å². The van der Waals surface area contributed by atoms with Crippen LogP contribution in [0.3, 0.4) is 0 Å². The average molecular weight is 384 g/mol. The third-order valence-corrected chi connectivity index (χ3v) is 6.64. The molecule has 0 amide bonds. The van der Waals surface area contributed by atoms with Gasteiger partial charge in [0.05, 0.1) is 25.9 Å². The molecule has 1 N–H and O–H groups in total. The Kier molecular flexibility index (Phi) is 4.89. The molecule has 0 aromatic heterocycles. The highest BCUT2D eigenvalue weighted by Gasteiger charge is 2.59. The minimum Gasteiger partial charge on any atom is -0.493 e. The fraction of sp³-hybridized carbons (Fsp3) is 0.588. The molecule has 0 unspecified atom stereocenters. The Hall–Kier alpha value is -1.84. The van der Waals surface area contributed by atoms with E-state index in [1.807, 2.05) is 18.2 Å². The Bertz CT molecular complexity index is 811. The van der Waals surface area contributed by atoms with Gasteiger partial charge in [-0.2, -0.15) is 0 Å². The first-order valence-corrected chi connectivity index (χ1v) is 10.2. The second-order valence-electron chi connectivity index (χ2n) is 7.04. The van der Waals surface area contributed by atoms with E-state index in [1.165, 1.54) is 4.31 Å². The van der Waals surface area contributed by atoms with Crippen molar-refractivity contribution in [3.63, 3.8) is 0 Å². The Balaban J connectivity index is 1.82.